The molecule has 4 rings (SSSR count). The molecule has 0 saturated carbocycles. The fourth-order valence-electron chi connectivity index (χ4n) is 3.20. The van der Waals surface area contributed by atoms with Crippen molar-refractivity contribution in [1.82, 2.24) is 25.0 Å². The maximum Gasteiger partial charge on any atom is 0.293 e. The largest absolute Gasteiger partial charge is 0.330 e. The van der Waals surface area contributed by atoms with Crippen LogP contribution in [0.4, 0.5) is 4.39 Å². The van der Waals surface area contributed by atoms with Gasteiger partial charge in [0.05, 0.1) is 10.6 Å². The van der Waals surface area contributed by atoms with E-state index in [4.69, 9.17) is 0 Å². The van der Waals surface area contributed by atoms with E-state index in [0.717, 1.165) is 11.4 Å². The summed E-state index contributed by atoms with van der Waals surface area (Å²) in [7, 11) is 0. The van der Waals surface area contributed by atoms with Crippen LogP contribution in [0.5, 0.6) is 0 Å². The third-order valence-corrected chi connectivity index (χ3v) is 5.77. The zero-order chi connectivity index (χ0) is 19.0. The molecule has 2 aromatic heterocycles. The number of benzene rings is 1. The van der Waals surface area contributed by atoms with Gasteiger partial charge >= 0.3 is 0 Å². The van der Waals surface area contributed by atoms with Crippen LogP contribution in [0.25, 0.3) is 16.4 Å². The second kappa shape index (κ2) is 8.38. The van der Waals surface area contributed by atoms with Gasteiger partial charge in [-0.2, -0.15) is 0 Å². The monoisotopic (exact) mass is 421 g/mol. The third-order valence-electron chi connectivity index (χ3n) is 4.91. The molecule has 2 unspecified atom stereocenters. The highest BCUT2D eigenvalue weighted by Crippen LogP contribution is 2.26. The smallest absolute Gasteiger partial charge is 0.293 e. The van der Waals surface area contributed by atoms with Crippen LogP contribution in [0.1, 0.15) is 24.5 Å². The minimum atomic E-state index is -0.323. The Hall–Kier alpha value is -2.29. The molecular weight excluding hydrogens is 401 g/mol. The minimum absolute atomic E-state index is 0. The number of nitrogens with zero attached hydrogens (tertiary/aromatic N) is 4. The van der Waals surface area contributed by atoms with E-state index in [0.29, 0.717) is 18.1 Å². The number of rotatable bonds is 3. The fraction of sp³-hybridized carbons (Fsp3) is 0.316. The Labute approximate surface area is 172 Å². The van der Waals surface area contributed by atoms with Crippen LogP contribution in [0, 0.1) is 5.82 Å². The van der Waals surface area contributed by atoms with Gasteiger partial charge in [-0.05, 0) is 49.6 Å². The molecule has 148 valence electrons. The SMILES string of the molecule is CC1NCCN(C(=O)c2nc(-c3cccs3)n(-c3ccc(F)cc3)n2)C1C.Cl. The van der Waals surface area contributed by atoms with Crippen molar-refractivity contribution in [3.63, 3.8) is 0 Å². The van der Waals surface area contributed by atoms with Crippen LogP contribution in [-0.4, -0.2) is 50.7 Å². The maximum atomic E-state index is 13.3. The highest BCUT2D eigenvalue weighted by molar-refractivity contribution is 7.13. The Kier molecular flexibility index (Phi) is 6.12. The minimum Gasteiger partial charge on any atom is -0.330 e. The third kappa shape index (κ3) is 3.80. The van der Waals surface area contributed by atoms with Crippen LogP contribution < -0.4 is 5.32 Å². The Morgan fingerprint density at radius 3 is 2.68 bits per heavy atom. The van der Waals surface area contributed by atoms with E-state index in [1.165, 1.54) is 23.5 Å². The van der Waals surface area contributed by atoms with Crippen LogP contribution in [0.2, 0.25) is 0 Å². The molecule has 3 heterocycles. The number of carbonyl (C=O) groups excluding carboxylic acids is 1. The fourth-order valence-corrected chi connectivity index (χ4v) is 3.90. The predicted molar refractivity (Wildman–Crippen MR) is 110 cm³/mol. The lowest BCUT2D eigenvalue weighted by Gasteiger charge is -2.37. The van der Waals surface area contributed by atoms with Crippen LogP contribution >= 0.6 is 23.7 Å². The number of aromatic nitrogens is 3. The van der Waals surface area contributed by atoms with Gasteiger partial charge in [0, 0.05) is 25.2 Å². The van der Waals surface area contributed by atoms with E-state index < -0.39 is 0 Å². The molecule has 1 aliphatic rings. The quantitative estimate of drug-likeness (QED) is 0.704. The summed E-state index contributed by atoms with van der Waals surface area (Å²) in [4.78, 5) is 20.3. The molecule has 1 amide bonds. The van der Waals surface area contributed by atoms with Crippen molar-refractivity contribution in [2.24, 2.45) is 0 Å². The molecule has 3 aromatic rings. The van der Waals surface area contributed by atoms with Gasteiger partial charge in [-0.15, -0.1) is 28.8 Å². The summed E-state index contributed by atoms with van der Waals surface area (Å²) in [6, 6.07) is 10.1. The molecule has 2 atom stereocenters. The van der Waals surface area contributed by atoms with E-state index in [1.807, 2.05) is 29.3 Å². The molecule has 6 nitrogen and oxygen atoms in total. The Bertz CT molecular complexity index is 944. The first-order valence-corrected chi connectivity index (χ1v) is 9.74. The van der Waals surface area contributed by atoms with Gasteiger partial charge in [0.1, 0.15) is 5.82 Å². The van der Waals surface area contributed by atoms with Crippen molar-refractivity contribution in [2.75, 3.05) is 13.1 Å². The van der Waals surface area contributed by atoms with Crippen molar-refractivity contribution in [1.29, 1.82) is 0 Å². The van der Waals surface area contributed by atoms with Gasteiger partial charge in [0.25, 0.3) is 5.91 Å². The van der Waals surface area contributed by atoms with Crippen LogP contribution in [-0.2, 0) is 0 Å². The zero-order valence-electron chi connectivity index (χ0n) is 15.5. The lowest BCUT2D eigenvalue weighted by atomic mass is 10.1. The number of hydrogen-bond donors (Lipinski definition) is 1. The van der Waals surface area contributed by atoms with Crippen molar-refractivity contribution in [3.05, 3.63) is 53.4 Å². The maximum absolute atomic E-state index is 13.3. The molecule has 1 fully saturated rings. The van der Waals surface area contributed by atoms with E-state index in [-0.39, 0.29) is 42.0 Å². The number of halogens is 2. The average Bonchev–Trinajstić information content (AvgIpc) is 3.33. The van der Waals surface area contributed by atoms with E-state index in [9.17, 15) is 9.18 Å². The van der Waals surface area contributed by atoms with Crippen LogP contribution in [0.15, 0.2) is 41.8 Å². The summed E-state index contributed by atoms with van der Waals surface area (Å²) in [6.07, 6.45) is 0. The van der Waals surface area contributed by atoms with Gasteiger partial charge in [-0.1, -0.05) is 6.07 Å². The van der Waals surface area contributed by atoms with Crippen molar-refractivity contribution < 1.29 is 9.18 Å². The number of nitrogens with one attached hydrogen (secondary N) is 1. The number of thiophene rings is 1. The molecule has 1 N–H and O–H groups in total. The molecule has 1 saturated heterocycles. The topological polar surface area (TPSA) is 63.1 Å². The zero-order valence-corrected chi connectivity index (χ0v) is 17.1. The summed E-state index contributed by atoms with van der Waals surface area (Å²) in [5, 5.41) is 9.79. The molecule has 1 aromatic carbocycles. The molecule has 0 radical (unpaired) electrons. The standard InChI is InChI=1S/C19H20FN5OS.ClH/c1-12-13(2)24(10-9-21-12)19(26)17-22-18(16-4-3-11-27-16)25(23-17)15-7-5-14(20)6-8-15;/h3-8,11-13,21H,9-10H2,1-2H3;1H. The number of amides is 1. The molecule has 0 bridgehead atoms. The number of piperazine rings is 1. The summed E-state index contributed by atoms with van der Waals surface area (Å²) >= 11 is 1.52. The van der Waals surface area contributed by atoms with Gasteiger partial charge in [0.2, 0.25) is 5.82 Å². The van der Waals surface area contributed by atoms with Gasteiger partial charge in [0.15, 0.2) is 5.82 Å². The normalized spacial score (nSPS) is 19.3. The first kappa shape index (κ1) is 20.4. The molecule has 0 aliphatic carbocycles. The molecular formula is C19H21ClFN5OS. The van der Waals surface area contributed by atoms with Crippen molar-refractivity contribution in [2.45, 2.75) is 25.9 Å². The lowest BCUT2D eigenvalue weighted by Crippen LogP contribution is -2.57. The van der Waals surface area contributed by atoms with Gasteiger partial charge in [-0.3, -0.25) is 4.79 Å². The summed E-state index contributed by atoms with van der Waals surface area (Å²) in [5.41, 5.74) is 0.660. The van der Waals surface area contributed by atoms with Crippen LogP contribution in [0.3, 0.4) is 0 Å². The molecule has 0 spiro atoms. The summed E-state index contributed by atoms with van der Waals surface area (Å²) in [6.45, 7) is 5.44. The van der Waals surface area contributed by atoms with Gasteiger partial charge in [-0.25, -0.2) is 14.1 Å². The van der Waals surface area contributed by atoms with Crippen molar-refractivity contribution >= 4 is 29.7 Å². The average molecular weight is 422 g/mol. The van der Waals surface area contributed by atoms with Crippen molar-refractivity contribution in [3.8, 4) is 16.4 Å². The Morgan fingerprint density at radius 1 is 1.25 bits per heavy atom. The Balaban J connectivity index is 0.00000225. The van der Waals surface area contributed by atoms with E-state index in [1.54, 1.807) is 16.8 Å². The first-order chi connectivity index (χ1) is 13.0. The lowest BCUT2D eigenvalue weighted by molar-refractivity contribution is 0.0590. The highest BCUT2D eigenvalue weighted by Gasteiger charge is 2.31. The summed E-state index contributed by atoms with van der Waals surface area (Å²) in [5.74, 6) is 0.227. The second-order valence-electron chi connectivity index (χ2n) is 6.61. The number of hydrogen-bond acceptors (Lipinski definition) is 5. The highest BCUT2D eigenvalue weighted by atomic mass is 35.5. The second-order valence-corrected chi connectivity index (χ2v) is 7.55. The summed E-state index contributed by atoms with van der Waals surface area (Å²) < 4.78 is 14.9. The first-order valence-electron chi connectivity index (χ1n) is 8.86. The number of carbonyl (C=O) groups is 1. The molecule has 28 heavy (non-hydrogen) atoms. The molecule has 9 heteroatoms. The predicted octanol–water partition coefficient (Wildman–Crippen LogP) is 3.38. The van der Waals surface area contributed by atoms with Gasteiger partial charge < -0.3 is 10.2 Å². The van der Waals surface area contributed by atoms with E-state index in [2.05, 4.69) is 22.3 Å². The van der Waals surface area contributed by atoms with E-state index >= 15 is 0 Å². The Morgan fingerprint density at radius 2 is 2.00 bits per heavy atom. The molecule has 1 aliphatic heterocycles.